The molecule has 3 nitrogen and oxygen atoms in total. The van der Waals surface area contributed by atoms with Crippen molar-refractivity contribution in [1.82, 2.24) is 4.98 Å². The topological polar surface area (TPSA) is 42.0 Å². The second-order valence-electron chi connectivity index (χ2n) is 3.91. The monoisotopic (exact) mass is 342 g/mol. The van der Waals surface area contributed by atoms with Crippen molar-refractivity contribution in [2.75, 3.05) is 5.32 Å². The minimum Gasteiger partial charge on any atom is -0.322 e. The maximum absolute atomic E-state index is 13.0. The number of carbonyl (C=O) groups excluding carboxylic acids is 1. The van der Waals surface area contributed by atoms with Gasteiger partial charge in [0.25, 0.3) is 5.91 Å². The number of hydrogen-bond acceptors (Lipinski definition) is 2. The fourth-order valence-corrected chi connectivity index (χ4v) is 2.06. The molecule has 1 heterocycles. The van der Waals surface area contributed by atoms with Crippen molar-refractivity contribution in [2.24, 2.45) is 0 Å². The Kier molecular flexibility index (Phi) is 4.17. The Labute approximate surface area is 122 Å². The lowest BCUT2D eigenvalue weighted by atomic mass is 10.2. The standard InChI is InChI=1S/C13H9BrClFN2O/c1-7-4-9(16)2-3-11(7)18-13(19)10-5-8(14)6-17-12(10)15/h2-6H,1H3,(H,18,19). The van der Waals surface area contributed by atoms with Gasteiger partial charge in [-0.2, -0.15) is 0 Å². The molecule has 1 aromatic carbocycles. The highest BCUT2D eigenvalue weighted by Gasteiger charge is 2.13. The molecule has 0 bridgehead atoms. The van der Waals surface area contributed by atoms with Gasteiger partial charge in [0.15, 0.2) is 0 Å². The molecule has 2 rings (SSSR count). The number of aryl methyl sites for hydroxylation is 1. The molecule has 98 valence electrons. The average molecular weight is 344 g/mol. The Bertz CT molecular complexity index is 649. The molecule has 0 saturated carbocycles. The van der Waals surface area contributed by atoms with E-state index in [1.165, 1.54) is 24.4 Å². The number of pyridine rings is 1. The Balaban J connectivity index is 2.28. The molecule has 1 N–H and O–H groups in total. The Morgan fingerprint density at radius 2 is 2.16 bits per heavy atom. The Morgan fingerprint density at radius 1 is 1.42 bits per heavy atom. The van der Waals surface area contributed by atoms with Crippen LogP contribution in [0.1, 0.15) is 15.9 Å². The first-order chi connectivity index (χ1) is 8.97. The maximum atomic E-state index is 13.0. The first-order valence-electron chi connectivity index (χ1n) is 5.36. The molecule has 6 heteroatoms. The largest absolute Gasteiger partial charge is 0.322 e. The predicted molar refractivity (Wildman–Crippen MR) is 76.0 cm³/mol. The molecule has 0 saturated heterocycles. The number of amides is 1. The molecule has 2 aromatic rings. The maximum Gasteiger partial charge on any atom is 0.258 e. The molecule has 0 unspecified atom stereocenters. The summed E-state index contributed by atoms with van der Waals surface area (Å²) in [7, 11) is 0. The summed E-state index contributed by atoms with van der Waals surface area (Å²) in [5.74, 6) is -0.744. The van der Waals surface area contributed by atoms with Crippen LogP contribution in [-0.2, 0) is 0 Å². The van der Waals surface area contributed by atoms with Crippen LogP contribution in [0.5, 0.6) is 0 Å². The number of carbonyl (C=O) groups is 1. The van der Waals surface area contributed by atoms with Crippen molar-refractivity contribution in [3.05, 3.63) is 57.0 Å². The van der Waals surface area contributed by atoms with Crippen LogP contribution in [0.3, 0.4) is 0 Å². The number of rotatable bonds is 2. The summed E-state index contributed by atoms with van der Waals surface area (Å²) in [4.78, 5) is 15.9. The zero-order chi connectivity index (χ0) is 14.0. The van der Waals surface area contributed by atoms with Gasteiger partial charge >= 0.3 is 0 Å². The van der Waals surface area contributed by atoms with Gasteiger partial charge < -0.3 is 5.32 Å². The lowest BCUT2D eigenvalue weighted by Crippen LogP contribution is -2.14. The second-order valence-corrected chi connectivity index (χ2v) is 5.18. The van der Waals surface area contributed by atoms with Crippen LogP contribution in [0.15, 0.2) is 34.9 Å². The van der Waals surface area contributed by atoms with Crippen molar-refractivity contribution >= 4 is 39.1 Å². The van der Waals surface area contributed by atoms with Gasteiger partial charge in [-0.1, -0.05) is 11.6 Å². The first-order valence-corrected chi connectivity index (χ1v) is 6.53. The van der Waals surface area contributed by atoms with E-state index < -0.39 is 5.91 Å². The van der Waals surface area contributed by atoms with Gasteiger partial charge in [0.2, 0.25) is 0 Å². The van der Waals surface area contributed by atoms with E-state index in [9.17, 15) is 9.18 Å². The van der Waals surface area contributed by atoms with Gasteiger partial charge in [0.05, 0.1) is 5.56 Å². The van der Waals surface area contributed by atoms with E-state index in [-0.39, 0.29) is 16.5 Å². The second kappa shape index (κ2) is 5.67. The summed E-state index contributed by atoms with van der Waals surface area (Å²) in [6.45, 7) is 1.71. The number of nitrogens with one attached hydrogen (secondary N) is 1. The zero-order valence-corrected chi connectivity index (χ0v) is 12.2. The molecule has 1 amide bonds. The molecule has 0 spiro atoms. The van der Waals surface area contributed by atoms with Crippen LogP contribution < -0.4 is 5.32 Å². The van der Waals surface area contributed by atoms with Crippen molar-refractivity contribution in [3.63, 3.8) is 0 Å². The first kappa shape index (κ1) is 14.0. The number of benzene rings is 1. The van der Waals surface area contributed by atoms with E-state index in [1.54, 1.807) is 13.0 Å². The fraction of sp³-hybridized carbons (Fsp3) is 0.0769. The van der Waals surface area contributed by atoms with E-state index in [0.29, 0.717) is 15.7 Å². The van der Waals surface area contributed by atoms with E-state index in [1.807, 2.05) is 0 Å². The quantitative estimate of drug-likeness (QED) is 0.831. The van der Waals surface area contributed by atoms with Crippen molar-refractivity contribution in [3.8, 4) is 0 Å². The van der Waals surface area contributed by atoms with Crippen LogP contribution in [0.25, 0.3) is 0 Å². The molecule has 0 atom stereocenters. The fourth-order valence-electron chi connectivity index (χ4n) is 1.54. The third kappa shape index (κ3) is 3.30. The van der Waals surface area contributed by atoms with E-state index in [2.05, 4.69) is 26.2 Å². The summed E-state index contributed by atoms with van der Waals surface area (Å²) in [5, 5.41) is 2.78. The highest BCUT2D eigenvalue weighted by Crippen LogP contribution is 2.21. The Hall–Kier alpha value is -1.46. The summed E-state index contributed by atoms with van der Waals surface area (Å²) in [5.41, 5.74) is 1.41. The molecular weight excluding hydrogens is 335 g/mol. The van der Waals surface area contributed by atoms with Gasteiger partial charge in [0.1, 0.15) is 11.0 Å². The molecule has 0 radical (unpaired) electrons. The summed E-state index contributed by atoms with van der Waals surface area (Å²) in [6, 6.07) is 5.70. The third-order valence-electron chi connectivity index (χ3n) is 2.49. The summed E-state index contributed by atoms with van der Waals surface area (Å²) < 4.78 is 13.6. The minimum absolute atomic E-state index is 0.112. The van der Waals surface area contributed by atoms with Crippen molar-refractivity contribution < 1.29 is 9.18 Å². The number of halogens is 3. The highest BCUT2D eigenvalue weighted by molar-refractivity contribution is 9.10. The predicted octanol–water partition coefficient (Wildman–Crippen LogP) is 4.20. The van der Waals surface area contributed by atoms with E-state index in [0.717, 1.165) is 0 Å². The smallest absolute Gasteiger partial charge is 0.258 e. The molecule has 0 aliphatic carbocycles. The number of hydrogen-bond donors (Lipinski definition) is 1. The lowest BCUT2D eigenvalue weighted by molar-refractivity contribution is 0.102. The SMILES string of the molecule is Cc1cc(F)ccc1NC(=O)c1cc(Br)cnc1Cl. The van der Waals surface area contributed by atoms with Crippen LogP contribution in [0.2, 0.25) is 5.15 Å². The number of aromatic nitrogens is 1. The average Bonchev–Trinajstić information content (AvgIpc) is 2.35. The van der Waals surface area contributed by atoms with Gasteiger partial charge in [-0.3, -0.25) is 4.79 Å². The van der Waals surface area contributed by atoms with Gasteiger partial charge in [-0.15, -0.1) is 0 Å². The van der Waals surface area contributed by atoms with Crippen molar-refractivity contribution in [1.29, 1.82) is 0 Å². The van der Waals surface area contributed by atoms with Crippen LogP contribution >= 0.6 is 27.5 Å². The van der Waals surface area contributed by atoms with E-state index >= 15 is 0 Å². The third-order valence-corrected chi connectivity index (χ3v) is 3.22. The minimum atomic E-state index is -0.395. The molecule has 0 aliphatic heterocycles. The Morgan fingerprint density at radius 3 is 2.84 bits per heavy atom. The summed E-state index contributed by atoms with van der Waals surface area (Å²) in [6.07, 6.45) is 1.50. The zero-order valence-electron chi connectivity index (χ0n) is 9.88. The summed E-state index contributed by atoms with van der Waals surface area (Å²) >= 11 is 9.09. The van der Waals surface area contributed by atoms with Gasteiger partial charge in [0, 0.05) is 16.4 Å². The molecule has 1 aromatic heterocycles. The highest BCUT2D eigenvalue weighted by atomic mass is 79.9. The van der Waals surface area contributed by atoms with Crippen LogP contribution in [0.4, 0.5) is 10.1 Å². The number of anilines is 1. The number of nitrogens with zero attached hydrogens (tertiary/aromatic N) is 1. The van der Waals surface area contributed by atoms with Gasteiger partial charge in [-0.25, -0.2) is 9.37 Å². The molecule has 0 fully saturated rings. The molecule has 0 aliphatic rings. The van der Waals surface area contributed by atoms with Crippen molar-refractivity contribution in [2.45, 2.75) is 6.92 Å². The van der Waals surface area contributed by atoms with Gasteiger partial charge in [-0.05, 0) is 52.7 Å². The molecular formula is C13H9BrClFN2O. The van der Waals surface area contributed by atoms with E-state index in [4.69, 9.17) is 11.6 Å². The normalized spacial score (nSPS) is 10.3. The molecule has 19 heavy (non-hydrogen) atoms. The lowest BCUT2D eigenvalue weighted by Gasteiger charge is -2.09. The van der Waals surface area contributed by atoms with Crippen LogP contribution in [0, 0.1) is 12.7 Å². The van der Waals surface area contributed by atoms with Crippen LogP contribution in [-0.4, -0.2) is 10.9 Å².